The van der Waals surface area contributed by atoms with Gasteiger partial charge in [-0.05, 0) is 44.1 Å². The molecule has 0 amide bonds. The highest BCUT2D eigenvalue weighted by atomic mass is 28.4. The number of methoxy groups -OCH3 is 1. The molecule has 250 valence electrons. The van der Waals surface area contributed by atoms with Crippen LogP contribution in [0.1, 0.15) is 73.7 Å². The Labute approximate surface area is 271 Å². The molecule has 1 aromatic rings. The minimum absolute atomic E-state index is 0.0103. The highest BCUT2D eigenvalue weighted by molar-refractivity contribution is 6.82. The van der Waals surface area contributed by atoms with Crippen LogP contribution in [0, 0.1) is 35.5 Å². The fourth-order valence-corrected chi connectivity index (χ4v) is 7.46. The molecule has 44 heavy (non-hydrogen) atoms. The number of rotatable bonds is 12. The summed E-state index contributed by atoms with van der Waals surface area (Å²) in [5, 5.41) is 22.7. The second kappa shape index (κ2) is 15.9. The predicted octanol–water partition coefficient (Wildman–Crippen LogP) is 7.98. The summed E-state index contributed by atoms with van der Waals surface area (Å²) in [6, 6.07) is 7.62. The third-order valence-corrected chi connectivity index (χ3v) is 16.8. The minimum Gasteiger partial charge on any atom is -0.497 e. The number of aliphatic hydroxyl groups excluding tert-OH is 2. The minimum atomic E-state index is -2.07. The van der Waals surface area contributed by atoms with Gasteiger partial charge in [0.2, 0.25) is 0 Å². The quantitative estimate of drug-likeness (QED) is 0.177. The lowest BCUT2D eigenvalue weighted by atomic mass is 9.85. The van der Waals surface area contributed by atoms with Gasteiger partial charge in [-0.3, -0.25) is 0 Å². The van der Waals surface area contributed by atoms with E-state index in [1.54, 1.807) is 7.11 Å². The van der Waals surface area contributed by atoms with Crippen LogP contribution in [0.3, 0.4) is 0 Å². The van der Waals surface area contributed by atoms with Crippen LogP contribution in [0.2, 0.25) is 37.8 Å². The molecule has 2 rings (SSSR count). The molecule has 1 aliphatic rings. The van der Waals surface area contributed by atoms with Gasteiger partial charge in [0.05, 0.1) is 33.5 Å². The second-order valence-corrected chi connectivity index (χ2v) is 25.6. The van der Waals surface area contributed by atoms with E-state index in [1.165, 1.54) is 5.20 Å². The summed E-state index contributed by atoms with van der Waals surface area (Å²) in [4.78, 5) is 0. The lowest BCUT2D eigenvalue weighted by molar-refractivity contribution is -0.285. The van der Waals surface area contributed by atoms with Gasteiger partial charge in [0, 0.05) is 42.3 Å². The van der Waals surface area contributed by atoms with Gasteiger partial charge >= 0.3 is 0 Å². The summed E-state index contributed by atoms with van der Waals surface area (Å²) in [7, 11) is -1.86. The van der Waals surface area contributed by atoms with Crippen molar-refractivity contribution in [1.82, 2.24) is 0 Å². The van der Waals surface area contributed by atoms with Gasteiger partial charge in [0.25, 0.3) is 0 Å². The van der Waals surface area contributed by atoms with Crippen molar-refractivity contribution in [3.05, 3.63) is 41.1 Å². The van der Waals surface area contributed by atoms with Crippen molar-refractivity contribution in [1.29, 1.82) is 0 Å². The average molecular weight is 647 g/mol. The number of allylic oxidation sites excluding steroid dienone is 1. The van der Waals surface area contributed by atoms with Crippen LogP contribution in [-0.2, 0) is 13.9 Å². The maximum atomic E-state index is 11.2. The van der Waals surface area contributed by atoms with Crippen molar-refractivity contribution in [2.45, 2.75) is 130 Å². The number of benzene rings is 1. The van der Waals surface area contributed by atoms with Gasteiger partial charge in [0.1, 0.15) is 11.9 Å². The SMILES string of the molecule is COc1ccc([C@@H]2O[C@H]([C@@H](C)CO)[C@@H](C)[C@H](C[C@H](O)C#C[C@H](C)[C@H](O[Si](C)(C)C(C)(C)C)[C@@H](C)/C=C(\C)[Si](C)(C)C)O2)cc1. The van der Waals surface area contributed by atoms with Crippen LogP contribution in [0.25, 0.3) is 0 Å². The largest absolute Gasteiger partial charge is 0.497 e. The average Bonchev–Trinajstić information content (AvgIpc) is 2.94. The van der Waals surface area contributed by atoms with E-state index in [-0.39, 0.29) is 53.6 Å². The molecule has 9 atom stereocenters. The summed E-state index contributed by atoms with van der Waals surface area (Å²) in [5.41, 5.74) is 0.869. The smallest absolute Gasteiger partial charge is 0.192 e. The van der Waals surface area contributed by atoms with Crippen LogP contribution in [0.4, 0.5) is 0 Å². The van der Waals surface area contributed by atoms with Crippen LogP contribution < -0.4 is 4.74 Å². The Morgan fingerprint density at radius 1 is 1.02 bits per heavy atom. The van der Waals surface area contributed by atoms with E-state index in [9.17, 15) is 10.2 Å². The summed E-state index contributed by atoms with van der Waals surface area (Å²) in [6.45, 7) is 29.2. The van der Waals surface area contributed by atoms with E-state index in [1.807, 2.05) is 31.2 Å². The van der Waals surface area contributed by atoms with Crippen LogP contribution in [0.5, 0.6) is 5.75 Å². The zero-order valence-corrected chi connectivity index (χ0v) is 32.0. The Bertz CT molecular complexity index is 1120. The Balaban J connectivity index is 2.31. The van der Waals surface area contributed by atoms with E-state index in [4.69, 9.17) is 18.6 Å². The number of ether oxygens (including phenoxy) is 3. The van der Waals surface area contributed by atoms with Gasteiger partial charge in [-0.25, -0.2) is 0 Å². The molecule has 1 aliphatic heterocycles. The third-order valence-electron chi connectivity index (χ3n) is 9.80. The fraction of sp³-hybridized carbons (Fsp3) is 0.722. The molecule has 0 aliphatic carbocycles. The van der Waals surface area contributed by atoms with Crippen molar-refractivity contribution in [2.75, 3.05) is 13.7 Å². The zero-order valence-electron chi connectivity index (χ0n) is 30.0. The zero-order chi connectivity index (χ0) is 33.6. The molecule has 6 nitrogen and oxygen atoms in total. The standard InChI is InChI=1S/C36H62O6Si2/c1-24(33(42-44(13,14)36(6,7)8)25(2)21-27(4)43(10,11)12)15-18-30(38)22-32-28(5)34(26(3)23-37)41-35(40-32)29-16-19-31(39-9)20-17-29/h16-17,19-21,24-26,28,30,32-35,37-38H,22-23H2,1-14H3/b27-21+/t24-,25-,26-,28-,30+,32-,33-,34+,35-/m0/s1. The van der Waals surface area contributed by atoms with E-state index in [2.05, 4.69) is 99.1 Å². The second-order valence-electron chi connectivity index (χ2n) is 15.5. The van der Waals surface area contributed by atoms with Crippen LogP contribution in [-0.4, -0.2) is 64.7 Å². The molecular weight excluding hydrogens is 585 g/mol. The topological polar surface area (TPSA) is 77.4 Å². The van der Waals surface area contributed by atoms with Crippen LogP contribution >= 0.6 is 0 Å². The molecule has 0 saturated carbocycles. The summed E-state index contributed by atoms with van der Waals surface area (Å²) < 4.78 is 25.1. The maximum Gasteiger partial charge on any atom is 0.192 e. The molecule has 0 unspecified atom stereocenters. The van der Waals surface area contributed by atoms with Crippen LogP contribution in [0.15, 0.2) is 35.5 Å². The molecule has 1 aromatic carbocycles. The van der Waals surface area contributed by atoms with E-state index >= 15 is 0 Å². The molecule has 2 N–H and O–H groups in total. The Kier molecular flexibility index (Phi) is 14.0. The third kappa shape index (κ3) is 10.5. The fourth-order valence-electron chi connectivity index (χ4n) is 5.25. The summed E-state index contributed by atoms with van der Waals surface area (Å²) in [6.07, 6.45) is 0.679. The first-order chi connectivity index (χ1) is 20.2. The van der Waals surface area contributed by atoms with Gasteiger partial charge in [0.15, 0.2) is 14.6 Å². The molecule has 0 aromatic heterocycles. The predicted molar refractivity (Wildman–Crippen MR) is 187 cm³/mol. The van der Waals surface area contributed by atoms with Crippen molar-refractivity contribution in [3.8, 4) is 17.6 Å². The molecular formula is C36H62O6Si2. The number of aliphatic hydroxyl groups is 2. The maximum absolute atomic E-state index is 11.2. The molecule has 0 radical (unpaired) electrons. The monoisotopic (exact) mass is 646 g/mol. The Morgan fingerprint density at radius 2 is 1.61 bits per heavy atom. The Hall–Kier alpha value is -1.45. The highest BCUT2D eigenvalue weighted by Crippen LogP contribution is 2.40. The first-order valence-corrected chi connectivity index (χ1v) is 22.7. The molecule has 1 fully saturated rings. The Morgan fingerprint density at radius 3 is 2.11 bits per heavy atom. The summed E-state index contributed by atoms with van der Waals surface area (Å²) in [5.74, 6) is 7.32. The molecule has 8 heteroatoms. The van der Waals surface area contributed by atoms with Gasteiger partial charge in [-0.15, -0.1) is 0 Å². The van der Waals surface area contributed by atoms with Crippen molar-refractivity contribution in [2.24, 2.45) is 23.7 Å². The van der Waals surface area contributed by atoms with Crippen molar-refractivity contribution < 1.29 is 28.8 Å². The lowest BCUT2D eigenvalue weighted by Crippen LogP contribution is -2.47. The van der Waals surface area contributed by atoms with E-state index in [0.29, 0.717) is 6.42 Å². The number of hydrogen-bond acceptors (Lipinski definition) is 6. The normalized spacial score (nSPS) is 25.3. The van der Waals surface area contributed by atoms with E-state index < -0.39 is 28.8 Å². The summed E-state index contributed by atoms with van der Waals surface area (Å²) >= 11 is 0. The van der Waals surface area contributed by atoms with Gasteiger partial charge in [-0.2, -0.15) is 0 Å². The number of hydrogen-bond donors (Lipinski definition) is 2. The highest BCUT2D eigenvalue weighted by Gasteiger charge is 2.42. The molecule has 1 heterocycles. The van der Waals surface area contributed by atoms with Gasteiger partial charge in [-0.1, -0.05) is 96.4 Å². The van der Waals surface area contributed by atoms with E-state index in [0.717, 1.165) is 11.3 Å². The van der Waals surface area contributed by atoms with Crippen molar-refractivity contribution in [3.63, 3.8) is 0 Å². The lowest BCUT2D eigenvalue weighted by Gasteiger charge is -2.43. The molecule has 1 saturated heterocycles. The van der Waals surface area contributed by atoms with Crippen molar-refractivity contribution >= 4 is 16.4 Å². The first-order valence-electron chi connectivity index (χ1n) is 16.3. The first kappa shape index (κ1) is 38.7. The van der Waals surface area contributed by atoms with Gasteiger partial charge < -0.3 is 28.8 Å². The molecule has 0 bridgehead atoms. The molecule has 0 spiro atoms.